The van der Waals surface area contributed by atoms with Gasteiger partial charge in [0.2, 0.25) is 17.6 Å². The van der Waals surface area contributed by atoms with E-state index in [1.165, 1.54) is 21.3 Å². The van der Waals surface area contributed by atoms with Crippen LogP contribution in [0.5, 0.6) is 17.2 Å². The Hall–Kier alpha value is -3.74. The molecule has 2 unspecified atom stereocenters. The van der Waals surface area contributed by atoms with Gasteiger partial charge in [-0.2, -0.15) is 10.2 Å². The summed E-state index contributed by atoms with van der Waals surface area (Å²) in [6.07, 6.45) is 3.16. The Labute approximate surface area is 185 Å². The third-order valence-electron chi connectivity index (χ3n) is 5.95. The van der Waals surface area contributed by atoms with Crippen LogP contribution in [0.25, 0.3) is 0 Å². The van der Waals surface area contributed by atoms with Gasteiger partial charge in [0.25, 0.3) is 5.56 Å². The molecule has 1 aromatic heterocycles. The van der Waals surface area contributed by atoms with Crippen molar-refractivity contribution in [2.45, 2.75) is 25.2 Å². The van der Waals surface area contributed by atoms with Crippen molar-refractivity contribution < 1.29 is 19.0 Å². The summed E-state index contributed by atoms with van der Waals surface area (Å²) in [5, 5.41) is 12.4. The van der Waals surface area contributed by atoms with Crippen molar-refractivity contribution in [2.75, 3.05) is 44.6 Å². The number of H-pyrrole nitrogens is 1. The molecule has 1 amide bonds. The third kappa shape index (κ3) is 3.60. The Kier molecular flexibility index (Phi) is 5.90. The van der Waals surface area contributed by atoms with Crippen LogP contribution >= 0.6 is 0 Å². The molecular formula is C22H25N5O5. The van der Waals surface area contributed by atoms with Gasteiger partial charge in [0, 0.05) is 19.0 Å². The molecule has 32 heavy (non-hydrogen) atoms. The minimum atomic E-state index is -1.13. The van der Waals surface area contributed by atoms with Gasteiger partial charge in [-0.25, -0.2) is 0 Å². The van der Waals surface area contributed by atoms with E-state index in [9.17, 15) is 14.9 Å². The summed E-state index contributed by atoms with van der Waals surface area (Å²) in [4.78, 5) is 35.5. The van der Waals surface area contributed by atoms with Crippen LogP contribution in [-0.4, -0.2) is 50.3 Å². The molecule has 1 saturated heterocycles. The van der Waals surface area contributed by atoms with Gasteiger partial charge in [-0.15, -0.1) is 0 Å². The number of carbonyl (C=O) groups is 1. The fourth-order valence-electron chi connectivity index (χ4n) is 4.40. The number of rotatable bonds is 5. The summed E-state index contributed by atoms with van der Waals surface area (Å²) in [5.74, 6) is -0.807. The van der Waals surface area contributed by atoms with Gasteiger partial charge in [-0.05, 0) is 37.0 Å². The molecule has 0 aliphatic carbocycles. The highest BCUT2D eigenvalue weighted by molar-refractivity contribution is 5.98. The smallest absolute Gasteiger partial charge is 0.258 e. The maximum atomic E-state index is 13.2. The average Bonchev–Trinajstić information content (AvgIpc) is 2.82. The highest BCUT2D eigenvalue weighted by Gasteiger charge is 2.41. The van der Waals surface area contributed by atoms with E-state index in [4.69, 9.17) is 14.2 Å². The number of nitrogens with one attached hydrogen (secondary N) is 2. The van der Waals surface area contributed by atoms with Crippen molar-refractivity contribution in [3.05, 3.63) is 33.6 Å². The zero-order valence-corrected chi connectivity index (χ0v) is 18.2. The minimum Gasteiger partial charge on any atom is -0.493 e. The first-order valence-corrected chi connectivity index (χ1v) is 10.4. The van der Waals surface area contributed by atoms with Crippen LogP contribution in [0.4, 0.5) is 11.8 Å². The van der Waals surface area contributed by atoms with Crippen LogP contribution < -0.4 is 30.0 Å². The molecule has 0 spiro atoms. The second kappa shape index (κ2) is 8.78. The predicted molar refractivity (Wildman–Crippen MR) is 117 cm³/mol. The van der Waals surface area contributed by atoms with E-state index in [1.807, 2.05) is 11.0 Å². The first-order valence-electron chi connectivity index (χ1n) is 10.4. The van der Waals surface area contributed by atoms with Crippen LogP contribution in [0, 0.1) is 17.2 Å². The largest absolute Gasteiger partial charge is 0.493 e. The highest BCUT2D eigenvalue weighted by Crippen LogP contribution is 2.45. The highest BCUT2D eigenvalue weighted by atomic mass is 16.5. The number of amides is 1. The van der Waals surface area contributed by atoms with E-state index < -0.39 is 23.3 Å². The maximum absolute atomic E-state index is 13.2. The molecule has 4 rings (SSSR count). The van der Waals surface area contributed by atoms with Crippen molar-refractivity contribution in [3.63, 3.8) is 0 Å². The number of aromatic nitrogens is 2. The SMILES string of the molecule is COc1cc(C2c3c(nc(N4CCCCC4)[nH]c3=O)NC(=O)C2C#N)cc(OC)c1OC. The zero-order valence-electron chi connectivity index (χ0n) is 18.2. The molecule has 0 saturated carbocycles. The van der Waals surface area contributed by atoms with Gasteiger partial charge < -0.3 is 24.4 Å². The molecule has 0 radical (unpaired) electrons. The van der Waals surface area contributed by atoms with E-state index in [-0.39, 0.29) is 11.4 Å². The van der Waals surface area contributed by atoms with Crippen molar-refractivity contribution in [1.29, 1.82) is 5.26 Å². The summed E-state index contributed by atoms with van der Waals surface area (Å²) in [6.45, 7) is 1.57. The molecule has 2 N–H and O–H groups in total. The number of methoxy groups -OCH3 is 3. The number of benzene rings is 1. The Morgan fingerprint density at radius 3 is 2.28 bits per heavy atom. The number of anilines is 2. The van der Waals surface area contributed by atoms with Crippen molar-refractivity contribution in [2.24, 2.45) is 5.92 Å². The molecule has 3 heterocycles. The number of nitrogens with zero attached hydrogens (tertiary/aromatic N) is 3. The topological polar surface area (TPSA) is 130 Å². The number of hydrogen-bond acceptors (Lipinski definition) is 8. The van der Waals surface area contributed by atoms with Crippen molar-refractivity contribution >= 4 is 17.7 Å². The van der Waals surface area contributed by atoms with Gasteiger partial charge in [0.05, 0.1) is 33.0 Å². The number of aromatic amines is 1. The molecule has 0 bridgehead atoms. The summed E-state index contributed by atoms with van der Waals surface area (Å²) < 4.78 is 16.2. The summed E-state index contributed by atoms with van der Waals surface area (Å²) >= 11 is 0. The molecule has 10 heteroatoms. The average molecular weight is 439 g/mol. The third-order valence-corrected chi connectivity index (χ3v) is 5.95. The standard InChI is InChI=1S/C22H25N5O5/c1-30-14-9-12(10-15(31-2)18(14)32-3)16-13(11-23)20(28)24-19-17(16)21(29)26-22(25-19)27-7-5-4-6-8-27/h9-10,13,16H,4-8H2,1-3H3,(H2,24,25,26,28,29). The quantitative estimate of drug-likeness (QED) is 0.724. The lowest BCUT2D eigenvalue weighted by Gasteiger charge is -2.31. The summed E-state index contributed by atoms with van der Waals surface area (Å²) in [7, 11) is 4.44. The molecule has 2 aromatic rings. The minimum absolute atomic E-state index is 0.171. The van der Waals surface area contributed by atoms with Gasteiger partial charge in [0.15, 0.2) is 11.5 Å². The van der Waals surface area contributed by atoms with E-state index in [0.717, 1.165) is 32.4 Å². The van der Waals surface area contributed by atoms with Crippen LogP contribution in [0.15, 0.2) is 16.9 Å². The predicted octanol–water partition coefficient (Wildman–Crippen LogP) is 2.01. The first kappa shape index (κ1) is 21.5. The van der Waals surface area contributed by atoms with Gasteiger partial charge in [0.1, 0.15) is 11.7 Å². The van der Waals surface area contributed by atoms with Gasteiger partial charge in [-0.3, -0.25) is 14.6 Å². The fraction of sp³-hybridized carbons (Fsp3) is 0.455. The number of hydrogen-bond donors (Lipinski definition) is 2. The second-order valence-corrected chi connectivity index (χ2v) is 7.73. The molecule has 168 valence electrons. The zero-order chi connectivity index (χ0) is 22.8. The lowest BCUT2D eigenvalue weighted by Crippen LogP contribution is -2.40. The maximum Gasteiger partial charge on any atom is 0.258 e. The lowest BCUT2D eigenvalue weighted by atomic mass is 9.79. The van der Waals surface area contributed by atoms with E-state index in [0.29, 0.717) is 28.8 Å². The molecule has 2 aliphatic heterocycles. The van der Waals surface area contributed by atoms with Crippen molar-refractivity contribution in [1.82, 2.24) is 9.97 Å². The first-order chi connectivity index (χ1) is 15.5. The van der Waals surface area contributed by atoms with Crippen LogP contribution in [-0.2, 0) is 4.79 Å². The fourth-order valence-corrected chi connectivity index (χ4v) is 4.40. The Morgan fingerprint density at radius 2 is 1.72 bits per heavy atom. The Balaban J connectivity index is 1.89. The van der Waals surface area contributed by atoms with E-state index in [2.05, 4.69) is 15.3 Å². The van der Waals surface area contributed by atoms with Crippen LogP contribution in [0.2, 0.25) is 0 Å². The molecule has 10 nitrogen and oxygen atoms in total. The second-order valence-electron chi connectivity index (χ2n) is 7.73. The molecule has 2 aliphatic rings. The normalized spacial score (nSPS) is 20.1. The number of fused-ring (bicyclic) bond motifs is 1. The monoisotopic (exact) mass is 439 g/mol. The molecular weight excluding hydrogens is 414 g/mol. The van der Waals surface area contributed by atoms with Crippen molar-refractivity contribution in [3.8, 4) is 23.3 Å². The summed E-state index contributed by atoms with van der Waals surface area (Å²) in [6, 6.07) is 5.34. The Morgan fingerprint density at radius 1 is 1.06 bits per heavy atom. The lowest BCUT2D eigenvalue weighted by molar-refractivity contribution is -0.119. The van der Waals surface area contributed by atoms with Gasteiger partial charge in [-0.1, -0.05) is 0 Å². The molecule has 1 fully saturated rings. The van der Waals surface area contributed by atoms with E-state index in [1.54, 1.807) is 12.1 Å². The number of nitriles is 1. The van der Waals surface area contributed by atoms with E-state index >= 15 is 0 Å². The van der Waals surface area contributed by atoms with Crippen LogP contribution in [0.3, 0.4) is 0 Å². The van der Waals surface area contributed by atoms with Gasteiger partial charge >= 0.3 is 0 Å². The van der Waals surface area contributed by atoms with Crippen LogP contribution in [0.1, 0.15) is 36.3 Å². The number of ether oxygens (including phenoxy) is 3. The summed E-state index contributed by atoms with van der Waals surface area (Å²) in [5.41, 5.74) is 0.348. The number of piperidine rings is 1. The molecule has 2 atom stereocenters. The Bertz CT molecular complexity index is 1110. The number of carbonyl (C=O) groups excluding carboxylic acids is 1. The molecule has 1 aromatic carbocycles.